The molecule has 218 valence electrons. The second-order valence-corrected chi connectivity index (χ2v) is 10.7. The molecular weight excluding hydrogens is 548 g/mol. The summed E-state index contributed by atoms with van der Waals surface area (Å²) in [5, 5.41) is 3.84. The van der Waals surface area contributed by atoms with Gasteiger partial charge in [-0.25, -0.2) is 9.07 Å². The fourth-order valence-electron chi connectivity index (χ4n) is 5.87. The summed E-state index contributed by atoms with van der Waals surface area (Å²) in [4.78, 5) is 17.5. The lowest BCUT2D eigenvalue weighted by Crippen LogP contribution is -2.33. The highest BCUT2D eigenvalue weighted by molar-refractivity contribution is 6.07. The first-order chi connectivity index (χ1) is 20.2. The molecule has 0 radical (unpaired) electrons. The number of ether oxygens (including phenoxy) is 1. The zero-order valence-corrected chi connectivity index (χ0v) is 23.1. The molecule has 3 heterocycles. The van der Waals surface area contributed by atoms with E-state index in [-0.39, 0.29) is 42.0 Å². The minimum atomic E-state index is -4.76. The van der Waals surface area contributed by atoms with Crippen LogP contribution in [0.25, 0.3) is 16.8 Å². The maximum Gasteiger partial charge on any atom is 0.435 e. The Labute approximate surface area is 241 Å². The number of halogens is 4. The standard InChI is InChI=1S/C32H30F4N4O2/c1-42-25-12-10-24(11-13-25)40-29-26(30(37-40)32(34,35)36)8-5-17-39(31(29)41)28-14-9-23(19-27(28)33)22-7-4-6-21(18-22)20-38-15-2-3-16-38/h4,6-7,9-14,18-19H,2-3,5,8,15-17,20H2,1H3. The fourth-order valence-corrected chi connectivity index (χ4v) is 5.87. The average molecular weight is 579 g/mol. The number of hydrogen-bond acceptors (Lipinski definition) is 4. The van der Waals surface area contributed by atoms with Gasteiger partial charge < -0.3 is 9.64 Å². The zero-order chi connectivity index (χ0) is 29.4. The predicted octanol–water partition coefficient (Wildman–Crippen LogP) is 6.89. The summed E-state index contributed by atoms with van der Waals surface area (Å²) in [6, 6.07) is 18.8. The summed E-state index contributed by atoms with van der Waals surface area (Å²) in [6.45, 7) is 3.04. The molecule has 0 N–H and O–H groups in total. The molecule has 4 aromatic rings. The highest BCUT2D eigenvalue weighted by atomic mass is 19.4. The molecule has 3 aromatic carbocycles. The number of carbonyl (C=O) groups excluding carboxylic acids is 1. The number of aromatic nitrogens is 2. The SMILES string of the molecule is COc1ccc(-n2nc(C(F)(F)F)c3c2C(=O)N(c2ccc(-c4cccc(CN5CCCC5)c4)cc2F)CCC3)cc1. The molecule has 0 aliphatic carbocycles. The third-order valence-corrected chi connectivity index (χ3v) is 7.93. The van der Waals surface area contributed by atoms with Gasteiger partial charge >= 0.3 is 6.18 Å². The summed E-state index contributed by atoms with van der Waals surface area (Å²) in [7, 11) is 1.48. The Morgan fingerprint density at radius 3 is 2.33 bits per heavy atom. The molecule has 0 unspecified atom stereocenters. The number of nitrogens with zero attached hydrogens (tertiary/aromatic N) is 4. The van der Waals surface area contributed by atoms with E-state index >= 15 is 4.39 Å². The van der Waals surface area contributed by atoms with Crippen molar-refractivity contribution in [1.82, 2.24) is 14.7 Å². The van der Waals surface area contributed by atoms with E-state index in [0.29, 0.717) is 11.3 Å². The topological polar surface area (TPSA) is 50.6 Å². The molecule has 0 saturated carbocycles. The monoisotopic (exact) mass is 578 g/mol. The van der Waals surface area contributed by atoms with E-state index in [1.807, 2.05) is 18.2 Å². The van der Waals surface area contributed by atoms with Gasteiger partial charge in [0, 0.05) is 18.7 Å². The molecule has 0 atom stereocenters. The van der Waals surface area contributed by atoms with E-state index in [0.717, 1.165) is 35.4 Å². The lowest BCUT2D eigenvalue weighted by atomic mass is 10.0. The number of anilines is 1. The molecule has 42 heavy (non-hydrogen) atoms. The molecule has 6 nitrogen and oxygen atoms in total. The third kappa shape index (κ3) is 5.38. The molecule has 0 bridgehead atoms. The summed E-state index contributed by atoms with van der Waals surface area (Å²) in [5.74, 6) is -0.855. The van der Waals surface area contributed by atoms with Gasteiger partial charge in [0.2, 0.25) is 0 Å². The van der Waals surface area contributed by atoms with Gasteiger partial charge in [0.15, 0.2) is 5.69 Å². The number of alkyl halides is 3. The first-order valence-corrected chi connectivity index (χ1v) is 14.0. The van der Waals surface area contributed by atoms with Gasteiger partial charge in [-0.2, -0.15) is 18.3 Å². The van der Waals surface area contributed by atoms with Crippen LogP contribution in [0.15, 0.2) is 66.7 Å². The molecule has 10 heteroatoms. The minimum absolute atomic E-state index is 0.0147. The predicted molar refractivity (Wildman–Crippen MR) is 151 cm³/mol. The Morgan fingerprint density at radius 2 is 1.64 bits per heavy atom. The molecule has 1 aromatic heterocycles. The number of hydrogen-bond donors (Lipinski definition) is 0. The smallest absolute Gasteiger partial charge is 0.435 e. The van der Waals surface area contributed by atoms with Crippen molar-refractivity contribution in [2.45, 2.75) is 38.4 Å². The van der Waals surface area contributed by atoms with Crippen LogP contribution in [0.3, 0.4) is 0 Å². The van der Waals surface area contributed by atoms with Crippen molar-refractivity contribution >= 4 is 11.6 Å². The van der Waals surface area contributed by atoms with Gasteiger partial charge in [0.05, 0.1) is 18.5 Å². The number of carbonyl (C=O) groups is 1. The summed E-state index contributed by atoms with van der Waals surface area (Å²) in [6.07, 6.45) is -2.17. The van der Waals surface area contributed by atoms with Crippen LogP contribution in [-0.2, 0) is 19.1 Å². The van der Waals surface area contributed by atoms with Crippen molar-refractivity contribution in [3.8, 4) is 22.6 Å². The molecular formula is C32H30F4N4O2. The number of likely N-dealkylation sites (tertiary alicyclic amines) is 1. The Morgan fingerprint density at radius 1 is 0.905 bits per heavy atom. The first kappa shape index (κ1) is 28.0. The Bertz CT molecular complexity index is 1610. The van der Waals surface area contributed by atoms with Gasteiger partial charge in [-0.3, -0.25) is 9.69 Å². The largest absolute Gasteiger partial charge is 0.497 e. The van der Waals surface area contributed by atoms with Crippen molar-refractivity contribution in [3.05, 3.63) is 95.1 Å². The maximum absolute atomic E-state index is 15.7. The van der Waals surface area contributed by atoms with Crippen molar-refractivity contribution in [1.29, 1.82) is 0 Å². The number of amides is 1. The molecule has 0 spiro atoms. The van der Waals surface area contributed by atoms with E-state index < -0.39 is 23.6 Å². The van der Waals surface area contributed by atoms with E-state index in [1.54, 1.807) is 18.2 Å². The average Bonchev–Trinajstić information content (AvgIpc) is 3.60. The first-order valence-electron chi connectivity index (χ1n) is 14.0. The fraction of sp³-hybridized carbons (Fsp3) is 0.312. The number of fused-ring (bicyclic) bond motifs is 1. The van der Waals surface area contributed by atoms with Gasteiger partial charge in [-0.15, -0.1) is 0 Å². The number of benzene rings is 3. The molecule has 2 aliphatic rings. The van der Waals surface area contributed by atoms with Crippen LogP contribution in [0.4, 0.5) is 23.2 Å². The van der Waals surface area contributed by atoms with Crippen LogP contribution in [0, 0.1) is 5.82 Å². The van der Waals surface area contributed by atoms with E-state index in [4.69, 9.17) is 4.74 Å². The van der Waals surface area contributed by atoms with Gasteiger partial charge in [0.25, 0.3) is 5.91 Å². The quantitative estimate of drug-likeness (QED) is 0.234. The van der Waals surface area contributed by atoms with Crippen LogP contribution >= 0.6 is 0 Å². The lowest BCUT2D eigenvalue weighted by molar-refractivity contribution is -0.141. The van der Waals surface area contributed by atoms with Crippen LogP contribution in [0.2, 0.25) is 0 Å². The molecule has 1 fully saturated rings. The molecule has 1 amide bonds. The van der Waals surface area contributed by atoms with Crippen LogP contribution in [0.1, 0.15) is 46.6 Å². The van der Waals surface area contributed by atoms with Crippen molar-refractivity contribution in [3.63, 3.8) is 0 Å². The summed E-state index contributed by atoms with van der Waals surface area (Å²) >= 11 is 0. The number of methoxy groups -OCH3 is 1. The highest BCUT2D eigenvalue weighted by Crippen LogP contribution is 2.38. The highest BCUT2D eigenvalue weighted by Gasteiger charge is 2.42. The van der Waals surface area contributed by atoms with E-state index in [9.17, 15) is 18.0 Å². The van der Waals surface area contributed by atoms with Gasteiger partial charge in [0.1, 0.15) is 17.3 Å². The van der Waals surface area contributed by atoms with Crippen LogP contribution in [-0.4, -0.2) is 47.3 Å². The van der Waals surface area contributed by atoms with Gasteiger partial charge in [-0.05, 0) is 97.9 Å². The van der Waals surface area contributed by atoms with Crippen molar-refractivity contribution in [2.75, 3.05) is 31.6 Å². The summed E-state index contributed by atoms with van der Waals surface area (Å²) < 4.78 is 64.0. The van der Waals surface area contributed by atoms with E-state index in [1.165, 1.54) is 49.1 Å². The molecule has 2 aliphatic heterocycles. The van der Waals surface area contributed by atoms with Crippen molar-refractivity contribution < 1.29 is 27.1 Å². The number of rotatable bonds is 6. The van der Waals surface area contributed by atoms with Gasteiger partial charge in [-0.1, -0.05) is 24.3 Å². The lowest BCUT2D eigenvalue weighted by Gasteiger charge is -2.22. The van der Waals surface area contributed by atoms with E-state index in [2.05, 4.69) is 16.1 Å². The second kappa shape index (κ2) is 11.2. The normalized spacial score (nSPS) is 16.0. The third-order valence-electron chi connectivity index (χ3n) is 7.93. The van der Waals surface area contributed by atoms with Crippen LogP contribution < -0.4 is 9.64 Å². The zero-order valence-electron chi connectivity index (χ0n) is 23.1. The summed E-state index contributed by atoms with van der Waals surface area (Å²) in [5.41, 5.74) is 1.43. The Kier molecular flexibility index (Phi) is 7.49. The van der Waals surface area contributed by atoms with Crippen LogP contribution in [0.5, 0.6) is 5.75 Å². The second-order valence-electron chi connectivity index (χ2n) is 10.7. The molecule has 6 rings (SSSR count). The maximum atomic E-state index is 15.7. The minimum Gasteiger partial charge on any atom is -0.497 e. The Hall–Kier alpha value is -4.18. The Balaban J connectivity index is 1.35. The van der Waals surface area contributed by atoms with Crippen molar-refractivity contribution in [2.24, 2.45) is 0 Å². The molecule has 1 saturated heterocycles.